The van der Waals surface area contributed by atoms with Crippen molar-refractivity contribution in [3.63, 3.8) is 0 Å². The molecule has 0 saturated heterocycles. The Kier molecular flexibility index (Phi) is 4.68. The maximum absolute atomic E-state index is 6.17. The Labute approximate surface area is 128 Å². The molecule has 0 spiro atoms. The monoisotopic (exact) mass is 310 g/mol. The summed E-state index contributed by atoms with van der Waals surface area (Å²) in [5.41, 5.74) is 1.66. The van der Waals surface area contributed by atoms with Crippen molar-refractivity contribution in [1.29, 1.82) is 0 Å². The van der Waals surface area contributed by atoms with E-state index in [1.54, 1.807) is 18.2 Å². The Morgan fingerprint density at radius 1 is 1.15 bits per heavy atom. The molecule has 0 fully saturated rings. The van der Waals surface area contributed by atoms with E-state index in [9.17, 15) is 0 Å². The van der Waals surface area contributed by atoms with Gasteiger partial charge >= 0.3 is 0 Å². The minimum Gasteiger partial charge on any atom is -0.373 e. The highest BCUT2D eigenvalue weighted by molar-refractivity contribution is 6.35. The summed E-state index contributed by atoms with van der Waals surface area (Å²) >= 11 is 12.2. The Morgan fingerprint density at radius 3 is 2.50 bits per heavy atom. The maximum atomic E-state index is 6.17. The number of aromatic nitrogens is 2. The molecule has 1 aromatic heterocycles. The van der Waals surface area contributed by atoms with Crippen molar-refractivity contribution in [3.05, 3.63) is 39.6 Å². The van der Waals surface area contributed by atoms with Crippen LogP contribution in [-0.2, 0) is 6.42 Å². The van der Waals surface area contributed by atoms with Crippen LogP contribution in [0.1, 0.15) is 18.3 Å². The number of benzene rings is 1. The first-order valence-electron chi connectivity index (χ1n) is 6.32. The van der Waals surface area contributed by atoms with E-state index in [1.165, 1.54) is 0 Å². The average Bonchev–Trinajstić information content (AvgIpc) is 2.45. The van der Waals surface area contributed by atoms with Crippen molar-refractivity contribution in [3.8, 4) is 0 Å². The van der Waals surface area contributed by atoms with Crippen LogP contribution in [0.3, 0.4) is 0 Å². The molecule has 1 aromatic carbocycles. The highest BCUT2D eigenvalue weighted by atomic mass is 35.5. The number of halogens is 2. The van der Waals surface area contributed by atoms with Gasteiger partial charge in [0.2, 0.25) is 0 Å². The molecule has 0 aliphatic rings. The van der Waals surface area contributed by atoms with Gasteiger partial charge in [0.1, 0.15) is 17.5 Å². The second kappa shape index (κ2) is 6.29. The van der Waals surface area contributed by atoms with Gasteiger partial charge in [0.25, 0.3) is 0 Å². The Morgan fingerprint density at radius 2 is 1.85 bits per heavy atom. The third kappa shape index (κ3) is 3.14. The van der Waals surface area contributed by atoms with Crippen LogP contribution in [0.15, 0.2) is 18.2 Å². The zero-order valence-electron chi connectivity index (χ0n) is 11.6. The fourth-order valence-electron chi connectivity index (χ4n) is 1.81. The number of aryl methyl sites for hydroxylation is 1. The van der Waals surface area contributed by atoms with E-state index in [1.807, 2.05) is 20.9 Å². The van der Waals surface area contributed by atoms with E-state index in [2.05, 4.69) is 20.6 Å². The summed E-state index contributed by atoms with van der Waals surface area (Å²) in [5.74, 6) is 2.29. The van der Waals surface area contributed by atoms with Gasteiger partial charge in [-0.15, -0.1) is 0 Å². The van der Waals surface area contributed by atoms with Gasteiger partial charge < -0.3 is 10.6 Å². The molecule has 2 rings (SSSR count). The Hall–Kier alpha value is -1.52. The summed E-state index contributed by atoms with van der Waals surface area (Å²) in [6, 6.07) is 5.27. The summed E-state index contributed by atoms with van der Waals surface area (Å²) in [5, 5.41) is 7.51. The summed E-state index contributed by atoms with van der Waals surface area (Å²) in [6.45, 7) is 3.96. The first-order chi connectivity index (χ1) is 9.55. The zero-order chi connectivity index (χ0) is 14.7. The highest BCUT2D eigenvalue weighted by Crippen LogP contribution is 2.30. The quantitative estimate of drug-likeness (QED) is 0.876. The van der Waals surface area contributed by atoms with Gasteiger partial charge in [-0.3, -0.25) is 0 Å². The number of anilines is 3. The number of hydrogen-bond donors (Lipinski definition) is 2. The summed E-state index contributed by atoms with van der Waals surface area (Å²) < 4.78 is 0. The van der Waals surface area contributed by atoms with Crippen molar-refractivity contribution in [1.82, 2.24) is 9.97 Å². The van der Waals surface area contributed by atoms with Gasteiger partial charge in [-0.1, -0.05) is 30.1 Å². The van der Waals surface area contributed by atoms with E-state index in [4.69, 9.17) is 23.2 Å². The van der Waals surface area contributed by atoms with E-state index in [-0.39, 0.29) is 0 Å². The van der Waals surface area contributed by atoms with Crippen LogP contribution in [0, 0.1) is 6.92 Å². The van der Waals surface area contributed by atoms with Gasteiger partial charge in [-0.25, -0.2) is 9.97 Å². The minimum absolute atomic E-state index is 0.594. The number of nitrogens with one attached hydrogen (secondary N) is 2. The molecule has 2 aromatic rings. The minimum atomic E-state index is 0.594. The molecular formula is C14H16Cl2N4. The number of hydrogen-bond acceptors (Lipinski definition) is 4. The highest BCUT2D eigenvalue weighted by Gasteiger charge is 2.11. The molecule has 0 aliphatic carbocycles. The van der Waals surface area contributed by atoms with Crippen LogP contribution in [-0.4, -0.2) is 17.0 Å². The van der Waals surface area contributed by atoms with Gasteiger partial charge in [0, 0.05) is 24.1 Å². The molecule has 0 atom stereocenters. The molecule has 4 nitrogen and oxygen atoms in total. The standard InChI is InChI=1S/C14H16Cl2N4/c1-4-12-19-13(17-3)8(2)14(20-12)18-11-7-9(15)5-6-10(11)16/h5-7H,4H2,1-3H3,(H2,17,18,19,20). The lowest BCUT2D eigenvalue weighted by Gasteiger charge is -2.14. The predicted octanol–water partition coefficient (Wildman–Crippen LogP) is 4.44. The molecule has 0 saturated carbocycles. The summed E-state index contributed by atoms with van der Waals surface area (Å²) in [7, 11) is 1.84. The molecule has 0 radical (unpaired) electrons. The van der Waals surface area contributed by atoms with E-state index in [0.29, 0.717) is 10.0 Å². The maximum Gasteiger partial charge on any atom is 0.139 e. The van der Waals surface area contributed by atoms with Crippen molar-refractivity contribution in [2.75, 3.05) is 17.7 Å². The van der Waals surface area contributed by atoms with Gasteiger partial charge in [0.15, 0.2) is 0 Å². The summed E-state index contributed by atoms with van der Waals surface area (Å²) in [4.78, 5) is 8.93. The molecule has 0 unspecified atom stereocenters. The van der Waals surface area contributed by atoms with Crippen LogP contribution in [0.25, 0.3) is 0 Å². The molecule has 2 N–H and O–H groups in total. The third-order valence-electron chi connectivity index (χ3n) is 2.93. The van der Waals surface area contributed by atoms with Gasteiger partial charge in [-0.05, 0) is 25.1 Å². The molecule has 6 heteroatoms. The lowest BCUT2D eigenvalue weighted by Crippen LogP contribution is -2.07. The predicted molar refractivity (Wildman–Crippen MR) is 85.4 cm³/mol. The molecule has 0 amide bonds. The average molecular weight is 311 g/mol. The van der Waals surface area contributed by atoms with Gasteiger partial charge in [0.05, 0.1) is 10.7 Å². The largest absolute Gasteiger partial charge is 0.373 e. The van der Waals surface area contributed by atoms with Crippen molar-refractivity contribution in [2.24, 2.45) is 0 Å². The molecule has 0 aliphatic heterocycles. The molecule has 20 heavy (non-hydrogen) atoms. The number of rotatable bonds is 4. The summed E-state index contributed by atoms with van der Waals surface area (Å²) in [6.07, 6.45) is 0.757. The van der Waals surface area contributed by atoms with Crippen molar-refractivity contribution < 1.29 is 0 Å². The van der Waals surface area contributed by atoms with Crippen LogP contribution in [0.2, 0.25) is 10.0 Å². The van der Waals surface area contributed by atoms with Gasteiger partial charge in [-0.2, -0.15) is 0 Å². The fraction of sp³-hybridized carbons (Fsp3) is 0.286. The van der Waals surface area contributed by atoms with Crippen molar-refractivity contribution >= 4 is 40.5 Å². The van der Waals surface area contributed by atoms with Crippen LogP contribution >= 0.6 is 23.2 Å². The van der Waals surface area contributed by atoms with Crippen molar-refractivity contribution in [2.45, 2.75) is 20.3 Å². The first-order valence-corrected chi connectivity index (χ1v) is 7.08. The SMILES string of the molecule is CCc1nc(NC)c(C)c(Nc2cc(Cl)ccc2Cl)n1. The Bertz CT molecular complexity index is 629. The fourth-order valence-corrected chi connectivity index (χ4v) is 2.14. The van der Waals surface area contributed by atoms with E-state index >= 15 is 0 Å². The lowest BCUT2D eigenvalue weighted by atomic mass is 10.2. The normalized spacial score (nSPS) is 10.4. The second-order valence-electron chi connectivity index (χ2n) is 4.31. The van der Waals surface area contributed by atoms with E-state index < -0.39 is 0 Å². The lowest BCUT2D eigenvalue weighted by molar-refractivity contribution is 0.935. The molecular weight excluding hydrogens is 295 g/mol. The second-order valence-corrected chi connectivity index (χ2v) is 5.16. The molecule has 0 bridgehead atoms. The third-order valence-corrected chi connectivity index (χ3v) is 3.49. The first kappa shape index (κ1) is 14.9. The topological polar surface area (TPSA) is 49.8 Å². The molecule has 1 heterocycles. The Balaban J connectivity index is 2.44. The smallest absolute Gasteiger partial charge is 0.139 e. The van der Waals surface area contributed by atoms with Crippen LogP contribution in [0.5, 0.6) is 0 Å². The van der Waals surface area contributed by atoms with E-state index in [0.717, 1.165) is 35.1 Å². The van der Waals surface area contributed by atoms with Crippen LogP contribution < -0.4 is 10.6 Å². The molecule has 106 valence electrons. The van der Waals surface area contributed by atoms with Crippen LogP contribution in [0.4, 0.5) is 17.3 Å². The number of nitrogens with zero attached hydrogens (tertiary/aromatic N) is 2. The zero-order valence-corrected chi connectivity index (χ0v) is 13.1.